The molecule has 14 atom stereocenters. The van der Waals surface area contributed by atoms with Gasteiger partial charge in [-0.05, 0) is 23.6 Å². The van der Waals surface area contributed by atoms with Crippen LogP contribution in [0.2, 0.25) is 0 Å². The first-order chi connectivity index (χ1) is 32.7. The standard InChI is InChI=1S/C49H60O19/c1-28-39(57-23-34-17-11-8-12-18-34)42(58-24-35-19-13-9-14-20-35)44(59-25-36-21-15-10-16-22-36)48(61-28)68-46-43(65-33(6)54)40(63-31(4)52)38(26-56-29(2)50)66-49(46)67-45-41(64-32(5)53)37(62-30(3)51)27-60-47(45)55-7/h8-22,28,37-49H,23-27H2,1-7H3/t28-,37+,38+,39+,40-,41-,42+,43-,44-,45+,46+,47+,48-,49-/m0/s1. The fourth-order valence-electron chi connectivity index (χ4n) is 8.15. The first-order valence-corrected chi connectivity index (χ1v) is 22.3. The van der Waals surface area contributed by atoms with Gasteiger partial charge in [-0.1, -0.05) is 91.0 Å². The molecule has 0 aliphatic carbocycles. The van der Waals surface area contributed by atoms with Crippen molar-refractivity contribution in [2.75, 3.05) is 20.3 Å². The minimum absolute atomic E-state index is 0.0469. The number of carbonyl (C=O) groups is 5. The number of hydrogen-bond acceptors (Lipinski definition) is 19. The fourth-order valence-corrected chi connectivity index (χ4v) is 8.15. The molecule has 0 N–H and O–H groups in total. The lowest BCUT2D eigenvalue weighted by Gasteiger charge is -2.50. The van der Waals surface area contributed by atoms with Gasteiger partial charge in [0.2, 0.25) is 0 Å². The SMILES string of the molecule is CO[C@@H]1OC[C@@H](OC(C)=O)[C@H](OC(C)=O)[C@H]1O[C@@H]1O[C@H](COC(C)=O)[C@H](OC(C)=O)[C@H](OC(C)=O)[C@H]1O[C@@H]1O[C@@H](C)[C@@H](OCc2ccccc2)[C@@H](OCc2ccccc2)[C@@H]1OCc1ccccc1. The summed E-state index contributed by atoms with van der Waals surface area (Å²) in [6.45, 7) is 7.14. The van der Waals surface area contributed by atoms with E-state index >= 15 is 0 Å². The van der Waals surface area contributed by atoms with Gasteiger partial charge in [0.15, 0.2) is 55.5 Å². The van der Waals surface area contributed by atoms with Crippen molar-refractivity contribution < 1.29 is 90.3 Å². The van der Waals surface area contributed by atoms with Crippen LogP contribution in [0, 0.1) is 0 Å². The summed E-state index contributed by atoms with van der Waals surface area (Å²) >= 11 is 0. The van der Waals surface area contributed by atoms with Gasteiger partial charge in [-0.3, -0.25) is 24.0 Å². The van der Waals surface area contributed by atoms with Crippen LogP contribution in [0.15, 0.2) is 91.0 Å². The van der Waals surface area contributed by atoms with E-state index in [4.69, 9.17) is 66.3 Å². The molecule has 0 amide bonds. The molecule has 3 heterocycles. The van der Waals surface area contributed by atoms with Crippen molar-refractivity contribution in [3.8, 4) is 0 Å². The monoisotopic (exact) mass is 952 g/mol. The van der Waals surface area contributed by atoms with Crippen LogP contribution in [0.3, 0.4) is 0 Å². The number of methoxy groups -OCH3 is 1. The summed E-state index contributed by atoms with van der Waals surface area (Å²) in [7, 11) is 1.31. The second-order valence-electron chi connectivity index (χ2n) is 16.3. The van der Waals surface area contributed by atoms with E-state index in [0.717, 1.165) is 37.5 Å². The van der Waals surface area contributed by atoms with Crippen LogP contribution >= 0.6 is 0 Å². The van der Waals surface area contributed by atoms with E-state index in [2.05, 4.69) is 0 Å². The molecule has 3 aliphatic heterocycles. The molecule has 0 radical (unpaired) electrons. The molecule has 0 bridgehead atoms. The number of ether oxygens (including phenoxy) is 14. The van der Waals surface area contributed by atoms with E-state index < -0.39 is 122 Å². The lowest BCUT2D eigenvalue weighted by Crippen LogP contribution is -2.67. The van der Waals surface area contributed by atoms with Gasteiger partial charge in [0.05, 0.1) is 32.5 Å². The molecule has 3 aliphatic rings. The van der Waals surface area contributed by atoms with Gasteiger partial charge in [0.1, 0.15) is 31.0 Å². The average molecular weight is 953 g/mol. The van der Waals surface area contributed by atoms with E-state index in [1.54, 1.807) is 6.92 Å². The van der Waals surface area contributed by atoms with Crippen LogP contribution in [0.5, 0.6) is 0 Å². The highest BCUT2D eigenvalue weighted by Gasteiger charge is 2.58. The Labute approximate surface area is 394 Å². The zero-order valence-corrected chi connectivity index (χ0v) is 39.0. The van der Waals surface area contributed by atoms with Crippen LogP contribution in [0.25, 0.3) is 0 Å². The largest absolute Gasteiger partial charge is 0.463 e. The summed E-state index contributed by atoms with van der Waals surface area (Å²) in [5.41, 5.74) is 2.56. The zero-order valence-electron chi connectivity index (χ0n) is 39.0. The molecule has 370 valence electrons. The van der Waals surface area contributed by atoms with Crippen LogP contribution in [0.1, 0.15) is 58.2 Å². The molecule has 19 heteroatoms. The Kier molecular flexibility index (Phi) is 19.4. The lowest BCUT2D eigenvalue weighted by molar-refractivity contribution is -0.391. The van der Waals surface area contributed by atoms with E-state index in [-0.39, 0.29) is 26.4 Å². The fraction of sp³-hybridized carbons (Fsp3) is 0.531. The second-order valence-corrected chi connectivity index (χ2v) is 16.3. The second kappa shape index (κ2) is 25.3. The molecular formula is C49H60O19. The first-order valence-electron chi connectivity index (χ1n) is 22.3. The molecule has 0 spiro atoms. The minimum Gasteiger partial charge on any atom is -0.463 e. The predicted molar refractivity (Wildman–Crippen MR) is 233 cm³/mol. The van der Waals surface area contributed by atoms with Crippen LogP contribution in [-0.4, -0.2) is 136 Å². The third kappa shape index (κ3) is 14.6. The van der Waals surface area contributed by atoms with Crippen molar-refractivity contribution in [2.45, 2.75) is 147 Å². The molecule has 3 aromatic carbocycles. The van der Waals surface area contributed by atoms with Gasteiger partial charge in [-0.15, -0.1) is 0 Å². The average Bonchev–Trinajstić information content (AvgIpc) is 3.30. The normalized spacial score (nSPS) is 30.3. The highest BCUT2D eigenvalue weighted by Crippen LogP contribution is 2.38. The maximum atomic E-state index is 13.1. The van der Waals surface area contributed by atoms with Gasteiger partial charge in [-0.25, -0.2) is 0 Å². The Balaban J connectivity index is 1.45. The number of esters is 5. The summed E-state index contributed by atoms with van der Waals surface area (Å²) in [6.07, 6.45) is -18.0. The van der Waals surface area contributed by atoms with Gasteiger partial charge in [0, 0.05) is 41.7 Å². The Bertz CT molecular complexity index is 2070. The van der Waals surface area contributed by atoms with Gasteiger partial charge in [0.25, 0.3) is 0 Å². The van der Waals surface area contributed by atoms with E-state index in [1.165, 1.54) is 21.0 Å². The molecule has 0 unspecified atom stereocenters. The first kappa shape index (κ1) is 52.0. The smallest absolute Gasteiger partial charge is 0.303 e. The Morgan fingerprint density at radius 1 is 0.485 bits per heavy atom. The highest BCUT2D eigenvalue weighted by atomic mass is 16.8. The van der Waals surface area contributed by atoms with Gasteiger partial charge >= 0.3 is 29.8 Å². The van der Waals surface area contributed by atoms with Crippen molar-refractivity contribution in [3.05, 3.63) is 108 Å². The maximum Gasteiger partial charge on any atom is 0.303 e. The van der Waals surface area contributed by atoms with E-state index in [0.29, 0.717) is 0 Å². The number of benzene rings is 3. The molecule has 6 rings (SSSR count). The topological polar surface area (TPSA) is 215 Å². The maximum absolute atomic E-state index is 13.1. The lowest BCUT2D eigenvalue weighted by atomic mass is 9.96. The van der Waals surface area contributed by atoms with Crippen molar-refractivity contribution in [1.82, 2.24) is 0 Å². The van der Waals surface area contributed by atoms with Crippen molar-refractivity contribution in [3.63, 3.8) is 0 Å². The summed E-state index contributed by atoms with van der Waals surface area (Å²) < 4.78 is 86.8. The van der Waals surface area contributed by atoms with E-state index in [1.807, 2.05) is 91.0 Å². The third-order valence-electron chi connectivity index (χ3n) is 11.0. The molecule has 68 heavy (non-hydrogen) atoms. The summed E-state index contributed by atoms with van der Waals surface area (Å²) in [5, 5.41) is 0. The quantitative estimate of drug-likeness (QED) is 0.114. The molecule has 3 fully saturated rings. The van der Waals surface area contributed by atoms with Crippen LogP contribution in [0.4, 0.5) is 0 Å². The van der Waals surface area contributed by atoms with Crippen LogP contribution < -0.4 is 0 Å². The number of hydrogen-bond donors (Lipinski definition) is 0. The van der Waals surface area contributed by atoms with E-state index in [9.17, 15) is 24.0 Å². The predicted octanol–water partition coefficient (Wildman–Crippen LogP) is 4.28. The number of carbonyl (C=O) groups excluding carboxylic acids is 5. The van der Waals surface area contributed by atoms with Gasteiger partial charge in [-0.2, -0.15) is 0 Å². The third-order valence-corrected chi connectivity index (χ3v) is 11.0. The Morgan fingerprint density at radius 3 is 1.41 bits per heavy atom. The summed E-state index contributed by atoms with van der Waals surface area (Å²) in [5.74, 6) is -3.81. The van der Waals surface area contributed by atoms with Gasteiger partial charge < -0.3 is 66.3 Å². The Morgan fingerprint density at radius 2 is 0.926 bits per heavy atom. The summed E-state index contributed by atoms with van der Waals surface area (Å²) in [4.78, 5) is 63.1. The number of rotatable bonds is 20. The minimum atomic E-state index is -1.71. The van der Waals surface area contributed by atoms with Crippen molar-refractivity contribution in [2.24, 2.45) is 0 Å². The molecular weight excluding hydrogens is 893 g/mol. The summed E-state index contributed by atoms with van der Waals surface area (Å²) in [6, 6.07) is 28.5. The highest BCUT2D eigenvalue weighted by molar-refractivity contribution is 5.68. The van der Waals surface area contributed by atoms with Crippen molar-refractivity contribution >= 4 is 29.8 Å². The molecule has 0 saturated carbocycles. The molecule has 19 nitrogen and oxygen atoms in total. The molecule has 0 aromatic heterocycles. The molecule has 3 saturated heterocycles. The zero-order chi connectivity index (χ0) is 48.7. The van der Waals surface area contributed by atoms with Crippen molar-refractivity contribution in [1.29, 1.82) is 0 Å². The molecule has 3 aromatic rings. The Hall–Kier alpha value is -5.35. The van der Waals surface area contributed by atoms with Crippen LogP contribution in [-0.2, 0) is 110 Å².